The van der Waals surface area contributed by atoms with E-state index in [0.29, 0.717) is 0 Å². The molecule has 0 heterocycles. The molecule has 6 heteroatoms. The van der Waals surface area contributed by atoms with E-state index in [1.807, 2.05) is 6.92 Å². The highest BCUT2D eigenvalue weighted by atomic mass is 79.9. The van der Waals surface area contributed by atoms with Crippen molar-refractivity contribution in [3.63, 3.8) is 0 Å². The summed E-state index contributed by atoms with van der Waals surface area (Å²) < 4.78 is 4.39. The van der Waals surface area contributed by atoms with E-state index in [1.165, 1.54) is 12.0 Å². The highest BCUT2D eigenvalue weighted by Crippen LogP contribution is 2.16. The van der Waals surface area contributed by atoms with Crippen molar-refractivity contribution in [1.82, 2.24) is 10.0 Å². The van der Waals surface area contributed by atoms with Gasteiger partial charge in [0.25, 0.3) is 0 Å². The lowest BCUT2D eigenvalue weighted by molar-refractivity contribution is 0.673. The zero-order chi connectivity index (χ0) is 22.4. The quantitative estimate of drug-likeness (QED) is 0.201. The van der Waals surface area contributed by atoms with Crippen LogP contribution in [0.25, 0.3) is 0 Å². The molecule has 0 saturated heterocycles. The molecule has 0 amide bonds. The van der Waals surface area contributed by atoms with Crippen molar-refractivity contribution in [3.05, 3.63) is 57.3 Å². The second-order valence-electron chi connectivity index (χ2n) is 7.19. The van der Waals surface area contributed by atoms with Gasteiger partial charge in [-0.1, -0.05) is 37.1 Å². The number of nitrogens with one attached hydrogen (secondary N) is 2. The van der Waals surface area contributed by atoms with E-state index in [4.69, 9.17) is 4.99 Å². The van der Waals surface area contributed by atoms with Crippen LogP contribution in [0.2, 0.25) is 0 Å². The van der Waals surface area contributed by atoms with Crippen molar-refractivity contribution >= 4 is 44.4 Å². The lowest BCUT2D eigenvalue weighted by atomic mass is 10.0. The molecular weight excluding hydrogens is 456 g/mol. The van der Waals surface area contributed by atoms with Gasteiger partial charge in [0.1, 0.15) is 0 Å². The van der Waals surface area contributed by atoms with Gasteiger partial charge in [-0.3, -0.25) is 14.7 Å². The number of hydrogen-bond acceptors (Lipinski definition) is 4. The summed E-state index contributed by atoms with van der Waals surface area (Å²) in [5, 5.41) is 3.53. The fraction of sp³-hybridized carbons (Fsp3) is 0.458. The van der Waals surface area contributed by atoms with E-state index >= 15 is 0 Å². The van der Waals surface area contributed by atoms with Crippen LogP contribution in [0.1, 0.15) is 51.2 Å². The first-order valence-corrected chi connectivity index (χ1v) is 12.8. The first-order valence-electron chi connectivity index (χ1n) is 10.5. The maximum atomic E-state index is 4.89. The minimum atomic E-state index is 0.108. The molecule has 0 fully saturated rings. The topological polar surface area (TPSA) is 48.8 Å². The van der Waals surface area contributed by atoms with Crippen LogP contribution in [0, 0.1) is 6.92 Å². The van der Waals surface area contributed by atoms with Crippen molar-refractivity contribution in [2.45, 2.75) is 47.0 Å². The van der Waals surface area contributed by atoms with Gasteiger partial charge in [0.15, 0.2) is 0 Å². The Morgan fingerprint density at radius 3 is 2.57 bits per heavy atom. The lowest BCUT2D eigenvalue weighted by Crippen LogP contribution is -2.17. The maximum Gasteiger partial charge on any atom is 0.0725 e. The van der Waals surface area contributed by atoms with Gasteiger partial charge in [-0.05, 0) is 67.6 Å². The molecule has 2 N–H and O–H groups in total. The SMILES string of the molecule is C=S(CCC)NCCCCN/C(C)=C/C(=N/C(C)=C(\Br)C=NC)c1ccccc1C. The van der Waals surface area contributed by atoms with Crippen LogP contribution in [0.4, 0.5) is 0 Å². The first kappa shape index (κ1) is 26.5. The molecule has 0 aliphatic rings. The summed E-state index contributed by atoms with van der Waals surface area (Å²) in [5.74, 6) is 5.32. The number of nitrogens with zero attached hydrogens (tertiary/aromatic N) is 2. The van der Waals surface area contributed by atoms with Gasteiger partial charge in [-0.25, -0.2) is 0 Å². The van der Waals surface area contributed by atoms with Crippen LogP contribution >= 0.6 is 26.6 Å². The Morgan fingerprint density at radius 2 is 1.90 bits per heavy atom. The van der Waals surface area contributed by atoms with E-state index < -0.39 is 0 Å². The molecular formula is C24H37BrN4S. The largest absolute Gasteiger partial charge is 0.389 e. The Balaban J connectivity index is 2.81. The third kappa shape index (κ3) is 10.5. The van der Waals surface area contributed by atoms with Crippen molar-refractivity contribution in [1.29, 1.82) is 0 Å². The molecule has 0 radical (unpaired) electrons. The summed E-state index contributed by atoms with van der Waals surface area (Å²) in [7, 11) is 1.86. The molecule has 1 aromatic rings. The monoisotopic (exact) mass is 492 g/mol. The van der Waals surface area contributed by atoms with Crippen LogP contribution in [-0.2, 0) is 0 Å². The molecule has 166 valence electrons. The Bertz CT molecular complexity index is 809. The smallest absolute Gasteiger partial charge is 0.0725 e. The molecule has 0 aliphatic heterocycles. The molecule has 1 unspecified atom stereocenters. The number of aryl methyl sites for hydroxylation is 1. The van der Waals surface area contributed by atoms with Crippen molar-refractivity contribution in [3.8, 4) is 0 Å². The number of rotatable bonds is 13. The zero-order valence-corrected chi connectivity index (χ0v) is 21.5. The number of halogens is 1. The van der Waals surface area contributed by atoms with Gasteiger partial charge < -0.3 is 5.32 Å². The van der Waals surface area contributed by atoms with Gasteiger partial charge in [-0.2, -0.15) is 0 Å². The highest BCUT2D eigenvalue weighted by molar-refractivity contribution is 9.12. The number of benzene rings is 1. The second-order valence-corrected chi connectivity index (χ2v) is 9.72. The molecule has 30 heavy (non-hydrogen) atoms. The Morgan fingerprint density at radius 1 is 1.20 bits per heavy atom. The molecule has 1 rings (SSSR count). The van der Waals surface area contributed by atoms with Crippen LogP contribution in [0.5, 0.6) is 0 Å². The van der Waals surface area contributed by atoms with E-state index in [-0.39, 0.29) is 10.7 Å². The molecule has 1 atom stereocenters. The molecule has 0 bridgehead atoms. The summed E-state index contributed by atoms with van der Waals surface area (Å²) in [6.45, 7) is 10.4. The number of aliphatic imine (C=N–C) groups is 2. The summed E-state index contributed by atoms with van der Waals surface area (Å²) in [5.41, 5.74) is 5.29. The lowest BCUT2D eigenvalue weighted by Gasteiger charge is -2.11. The average molecular weight is 494 g/mol. The first-order chi connectivity index (χ1) is 14.4. The summed E-state index contributed by atoms with van der Waals surface area (Å²) in [6.07, 6.45) is 7.35. The molecule has 0 aliphatic carbocycles. The Kier molecular flexibility index (Phi) is 13.6. The summed E-state index contributed by atoms with van der Waals surface area (Å²) in [6, 6.07) is 8.34. The van der Waals surface area contributed by atoms with E-state index in [9.17, 15) is 0 Å². The normalized spacial score (nSPS) is 14.7. The fourth-order valence-corrected chi connectivity index (χ4v) is 4.16. The van der Waals surface area contributed by atoms with Gasteiger partial charge in [-0.15, -0.1) is 10.7 Å². The highest BCUT2D eigenvalue weighted by Gasteiger charge is 2.06. The van der Waals surface area contributed by atoms with Crippen molar-refractivity contribution in [2.24, 2.45) is 9.98 Å². The predicted molar refractivity (Wildman–Crippen MR) is 143 cm³/mol. The van der Waals surface area contributed by atoms with E-state index in [1.54, 1.807) is 13.3 Å². The van der Waals surface area contributed by atoms with Crippen LogP contribution < -0.4 is 10.0 Å². The van der Waals surface area contributed by atoms with Crippen molar-refractivity contribution in [2.75, 3.05) is 25.9 Å². The minimum absolute atomic E-state index is 0.108. The number of unbranched alkanes of at least 4 members (excludes halogenated alkanes) is 1. The Hall–Kier alpha value is -1.50. The van der Waals surface area contributed by atoms with Crippen LogP contribution in [0.3, 0.4) is 0 Å². The summed E-state index contributed by atoms with van der Waals surface area (Å²) in [4.78, 5) is 8.95. The molecule has 0 spiro atoms. The van der Waals surface area contributed by atoms with Gasteiger partial charge in [0.2, 0.25) is 0 Å². The molecule has 0 aromatic heterocycles. The molecule has 0 saturated carbocycles. The zero-order valence-electron chi connectivity index (χ0n) is 19.1. The van der Waals surface area contributed by atoms with Crippen LogP contribution in [-0.4, -0.2) is 43.7 Å². The van der Waals surface area contributed by atoms with Crippen molar-refractivity contribution < 1.29 is 0 Å². The van der Waals surface area contributed by atoms with Gasteiger partial charge in [0, 0.05) is 43.4 Å². The standard InChI is InChI=1S/C24H37BrN4S/c1-7-16-30(6)28-15-11-10-14-27-20(3)17-24(22-13-9-8-12-19(22)2)29-21(4)23(25)18-26-5/h8-9,12-13,17-18,27-28H,6-7,10-11,14-16H2,1-5H3/b20-17+,23-21-,26-18?,29-24-. The van der Waals surface area contributed by atoms with Crippen LogP contribution in [0.15, 0.2) is 56.2 Å². The molecule has 4 nitrogen and oxygen atoms in total. The third-order valence-corrected chi connectivity index (χ3v) is 6.71. The number of allylic oxidation sites excluding steroid dienone is 4. The average Bonchev–Trinajstić information content (AvgIpc) is 2.70. The fourth-order valence-electron chi connectivity index (χ4n) is 2.80. The maximum absolute atomic E-state index is 4.89. The Labute approximate surface area is 194 Å². The number of hydrogen-bond donors (Lipinski definition) is 2. The third-order valence-electron chi connectivity index (χ3n) is 4.41. The van der Waals surface area contributed by atoms with Gasteiger partial charge >= 0.3 is 0 Å². The second kappa shape index (κ2) is 15.3. The summed E-state index contributed by atoms with van der Waals surface area (Å²) >= 11 is 3.55. The predicted octanol–water partition coefficient (Wildman–Crippen LogP) is 6.00. The van der Waals surface area contributed by atoms with E-state index in [2.05, 4.69) is 87.9 Å². The minimum Gasteiger partial charge on any atom is -0.389 e. The molecule has 1 aromatic carbocycles. The van der Waals surface area contributed by atoms with Gasteiger partial charge in [0.05, 0.1) is 15.9 Å². The van der Waals surface area contributed by atoms with E-state index in [0.717, 1.165) is 58.8 Å².